The molecule has 3 heteroatoms. The van der Waals surface area contributed by atoms with Gasteiger partial charge in [-0.05, 0) is 5.56 Å². The van der Waals surface area contributed by atoms with Crippen LogP contribution in [0.1, 0.15) is 18.4 Å². The molecule has 76 valence electrons. The summed E-state index contributed by atoms with van der Waals surface area (Å²) in [6, 6.07) is 9.19. The van der Waals surface area contributed by atoms with E-state index in [0.717, 1.165) is 5.56 Å². The highest BCUT2D eigenvalue weighted by molar-refractivity contribution is 7.80. The first-order valence-electron chi connectivity index (χ1n) is 4.62. The maximum absolute atomic E-state index is 11.7. The third kappa shape index (κ3) is 2.59. The quantitative estimate of drug-likeness (QED) is 0.740. The molecule has 2 N–H and O–H groups in total. The molecule has 0 aliphatic carbocycles. The molecule has 2 atom stereocenters. The summed E-state index contributed by atoms with van der Waals surface area (Å²) in [4.78, 5) is 11.7. The molecule has 0 spiro atoms. The molecule has 0 bridgehead atoms. The molecule has 0 heterocycles. The second-order valence-corrected chi connectivity index (χ2v) is 3.69. The zero-order valence-corrected chi connectivity index (χ0v) is 9.08. The van der Waals surface area contributed by atoms with Crippen LogP contribution in [-0.4, -0.2) is 17.6 Å². The molecular weight excluding hydrogens is 194 g/mol. The van der Waals surface area contributed by atoms with Crippen LogP contribution in [0.3, 0.4) is 0 Å². The minimum absolute atomic E-state index is 0.0474. The Morgan fingerprint density at radius 1 is 1.43 bits per heavy atom. The largest absolute Gasteiger partial charge is 0.321 e. The van der Waals surface area contributed by atoms with Crippen molar-refractivity contribution in [1.29, 1.82) is 0 Å². The Kier molecular flexibility index (Phi) is 4.17. The summed E-state index contributed by atoms with van der Waals surface area (Å²) in [5.41, 5.74) is 6.64. The SMILES string of the molecule is CC(C(=O)[C@@H](N)CS)c1ccccc1. The third-order valence-electron chi connectivity index (χ3n) is 2.29. The predicted octanol–water partition coefficient (Wildman–Crippen LogP) is 1.62. The number of carbonyl (C=O) groups is 1. The lowest BCUT2D eigenvalue weighted by Gasteiger charge is -2.14. The molecule has 0 aromatic heterocycles. The van der Waals surface area contributed by atoms with E-state index in [4.69, 9.17) is 5.73 Å². The van der Waals surface area contributed by atoms with E-state index in [9.17, 15) is 4.79 Å². The number of hydrogen-bond acceptors (Lipinski definition) is 3. The summed E-state index contributed by atoms with van der Waals surface area (Å²) in [7, 11) is 0. The van der Waals surface area contributed by atoms with Gasteiger partial charge in [0.05, 0.1) is 6.04 Å². The van der Waals surface area contributed by atoms with Gasteiger partial charge < -0.3 is 5.73 Å². The smallest absolute Gasteiger partial charge is 0.157 e. The highest BCUT2D eigenvalue weighted by Gasteiger charge is 2.20. The van der Waals surface area contributed by atoms with Gasteiger partial charge >= 0.3 is 0 Å². The third-order valence-corrected chi connectivity index (χ3v) is 2.68. The van der Waals surface area contributed by atoms with E-state index in [0.29, 0.717) is 5.75 Å². The van der Waals surface area contributed by atoms with Crippen molar-refractivity contribution in [3.8, 4) is 0 Å². The highest BCUT2D eigenvalue weighted by atomic mass is 32.1. The van der Waals surface area contributed by atoms with Gasteiger partial charge in [-0.3, -0.25) is 4.79 Å². The van der Waals surface area contributed by atoms with Crippen molar-refractivity contribution in [2.24, 2.45) is 5.73 Å². The van der Waals surface area contributed by atoms with Gasteiger partial charge in [-0.1, -0.05) is 37.3 Å². The molecule has 1 aromatic rings. The summed E-state index contributed by atoms with van der Waals surface area (Å²) in [6.45, 7) is 1.88. The first-order chi connectivity index (χ1) is 6.66. The number of benzene rings is 1. The van der Waals surface area contributed by atoms with Gasteiger partial charge in [0.25, 0.3) is 0 Å². The van der Waals surface area contributed by atoms with Crippen molar-refractivity contribution < 1.29 is 4.79 Å². The molecule has 1 aromatic carbocycles. The fourth-order valence-electron chi connectivity index (χ4n) is 1.32. The molecule has 1 unspecified atom stereocenters. The Bertz CT molecular complexity index is 299. The van der Waals surface area contributed by atoms with Crippen LogP contribution in [0.4, 0.5) is 0 Å². The van der Waals surface area contributed by atoms with E-state index in [2.05, 4.69) is 12.6 Å². The molecule has 2 nitrogen and oxygen atoms in total. The fraction of sp³-hybridized carbons (Fsp3) is 0.364. The summed E-state index contributed by atoms with van der Waals surface area (Å²) < 4.78 is 0. The van der Waals surface area contributed by atoms with Crippen molar-refractivity contribution >= 4 is 18.4 Å². The summed E-state index contributed by atoms with van der Waals surface area (Å²) in [5.74, 6) is 0.306. The zero-order chi connectivity index (χ0) is 10.6. The fourth-order valence-corrected chi connectivity index (χ4v) is 1.50. The maximum Gasteiger partial charge on any atom is 0.157 e. The molecule has 14 heavy (non-hydrogen) atoms. The van der Waals surface area contributed by atoms with Gasteiger partial charge in [-0.25, -0.2) is 0 Å². The van der Waals surface area contributed by atoms with Gasteiger partial charge in [-0.15, -0.1) is 0 Å². The van der Waals surface area contributed by atoms with E-state index in [-0.39, 0.29) is 11.7 Å². The lowest BCUT2D eigenvalue weighted by atomic mass is 9.93. The monoisotopic (exact) mass is 209 g/mol. The van der Waals surface area contributed by atoms with E-state index in [1.807, 2.05) is 37.3 Å². The Labute approximate surface area is 89.9 Å². The second kappa shape index (κ2) is 5.17. The van der Waals surface area contributed by atoms with Crippen molar-refractivity contribution in [3.05, 3.63) is 35.9 Å². The summed E-state index contributed by atoms with van der Waals surface area (Å²) in [6.07, 6.45) is 0. The average molecular weight is 209 g/mol. The van der Waals surface area contributed by atoms with Gasteiger partial charge in [0, 0.05) is 11.7 Å². The molecule has 0 radical (unpaired) electrons. The molecule has 0 aliphatic heterocycles. The van der Waals surface area contributed by atoms with E-state index in [1.54, 1.807) is 0 Å². The minimum atomic E-state index is -0.464. The number of carbonyl (C=O) groups excluding carboxylic acids is 1. The normalized spacial score (nSPS) is 14.8. The minimum Gasteiger partial charge on any atom is -0.321 e. The van der Waals surface area contributed by atoms with Gasteiger partial charge in [0.15, 0.2) is 5.78 Å². The Balaban J connectivity index is 2.76. The van der Waals surface area contributed by atoms with Gasteiger partial charge in [0.2, 0.25) is 0 Å². The zero-order valence-electron chi connectivity index (χ0n) is 8.18. The van der Waals surface area contributed by atoms with Crippen LogP contribution in [0.15, 0.2) is 30.3 Å². The van der Waals surface area contributed by atoms with E-state index >= 15 is 0 Å². The molecule has 1 rings (SSSR count). The van der Waals surface area contributed by atoms with E-state index in [1.165, 1.54) is 0 Å². The van der Waals surface area contributed by atoms with Gasteiger partial charge in [0.1, 0.15) is 0 Å². The summed E-state index contributed by atoms with van der Waals surface area (Å²) >= 11 is 4.02. The second-order valence-electron chi connectivity index (χ2n) is 3.32. The van der Waals surface area contributed by atoms with Crippen molar-refractivity contribution in [2.75, 3.05) is 5.75 Å². The molecular formula is C11H15NOS. The van der Waals surface area contributed by atoms with Crippen molar-refractivity contribution in [3.63, 3.8) is 0 Å². The summed E-state index contributed by atoms with van der Waals surface area (Å²) in [5, 5.41) is 0. The lowest BCUT2D eigenvalue weighted by Crippen LogP contribution is -2.35. The first-order valence-corrected chi connectivity index (χ1v) is 5.25. The Morgan fingerprint density at radius 2 is 2.00 bits per heavy atom. The van der Waals surface area contributed by atoms with E-state index < -0.39 is 6.04 Å². The first kappa shape index (κ1) is 11.3. The number of rotatable bonds is 4. The molecule has 0 fully saturated rings. The molecule has 0 saturated heterocycles. The van der Waals surface area contributed by atoms with Crippen LogP contribution in [0, 0.1) is 0 Å². The van der Waals surface area contributed by atoms with Crippen LogP contribution in [0.25, 0.3) is 0 Å². The molecule has 0 saturated carbocycles. The highest BCUT2D eigenvalue weighted by Crippen LogP contribution is 2.16. The van der Waals surface area contributed by atoms with Crippen molar-refractivity contribution in [2.45, 2.75) is 18.9 Å². The standard InChI is InChI=1S/C11H15NOS/c1-8(11(13)10(12)7-14)9-5-3-2-4-6-9/h2-6,8,10,14H,7,12H2,1H3/t8?,10-/m0/s1. The van der Waals surface area contributed by atoms with Crippen LogP contribution >= 0.6 is 12.6 Å². The van der Waals surface area contributed by atoms with Crippen molar-refractivity contribution in [1.82, 2.24) is 0 Å². The Morgan fingerprint density at radius 3 is 2.50 bits per heavy atom. The average Bonchev–Trinajstić information content (AvgIpc) is 2.27. The van der Waals surface area contributed by atoms with Crippen LogP contribution < -0.4 is 5.73 Å². The molecule has 0 amide bonds. The van der Waals surface area contributed by atoms with Crippen LogP contribution in [0.2, 0.25) is 0 Å². The van der Waals surface area contributed by atoms with Crippen LogP contribution in [0.5, 0.6) is 0 Å². The topological polar surface area (TPSA) is 43.1 Å². The Hall–Kier alpha value is -0.800. The predicted molar refractivity (Wildman–Crippen MR) is 61.7 cm³/mol. The maximum atomic E-state index is 11.7. The number of nitrogens with two attached hydrogens (primary N) is 1. The number of ketones is 1. The van der Waals surface area contributed by atoms with Crippen LogP contribution in [-0.2, 0) is 4.79 Å². The van der Waals surface area contributed by atoms with Gasteiger partial charge in [-0.2, -0.15) is 12.6 Å². The number of Topliss-reactive ketones (excluding diaryl/α,β-unsaturated/α-hetero) is 1. The number of hydrogen-bond donors (Lipinski definition) is 2. The lowest BCUT2D eigenvalue weighted by molar-refractivity contribution is -0.120. The number of thiol groups is 1. The molecule has 0 aliphatic rings.